The first-order valence-electron chi connectivity index (χ1n) is 6.51. The fourth-order valence-corrected chi connectivity index (χ4v) is 3.26. The van der Waals surface area contributed by atoms with Crippen molar-refractivity contribution < 1.29 is 14.6 Å². The monoisotopic (exact) mass is 293 g/mol. The molecular formula is C15H19NO3S. The van der Waals surface area contributed by atoms with Crippen LogP contribution in [0.25, 0.3) is 0 Å². The van der Waals surface area contributed by atoms with Crippen molar-refractivity contribution in [2.45, 2.75) is 13.3 Å². The van der Waals surface area contributed by atoms with E-state index in [0.29, 0.717) is 18.5 Å². The van der Waals surface area contributed by atoms with Gasteiger partial charge in [0.15, 0.2) is 5.78 Å². The van der Waals surface area contributed by atoms with Crippen LogP contribution in [0.1, 0.15) is 23.7 Å². The summed E-state index contributed by atoms with van der Waals surface area (Å²) in [5.74, 6) is 1.63. The van der Waals surface area contributed by atoms with E-state index in [9.17, 15) is 4.79 Å². The highest BCUT2D eigenvalue weighted by Crippen LogP contribution is 2.33. The minimum absolute atomic E-state index is 0.0952. The quantitative estimate of drug-likeness (QED) is 0.817. The zero-order chi connectivity index (χ0) is 14.5. The molecule has 0 fully saturated rings. The molecule has 0 amide bonds. The zero-order valence-electron chi connectivity index (χ0n) is 11.8. The predicted octanol–water partition coefficient (Wildman–Crippen LogP) is 2.50. The Morgan fingerprint density at radius 1 is 1.40 bits per heavy atom. The van der Waals surface area contributed by atoms with E-state index >= 15 is 0 Å². The molecule has 1 aromatic rings. The number of ketones is 1. The molecule has 0 aromatic heterocycles. The van der Waals surface area contributed by atoms with Crippen molar-refractivity contribution in [2.24, 2.45) is 0 Å². The van der Waals surface area contributed by atoms with Gasteiger partial charge in [0.2, 0.25) is 0 Å². The molecule has 2 rings (SSSR count). The first-order chi connectivity index (χ1) is 9.65. The lowest BCUT2D eigenvalue weighted by molar-refractivity contribution is 0.0958. The summed E-state index contributed by atoms with van der Waals surface area (Å²) < 4.78 is 5.08. The fraction of sp³-hybridized carbons (Fsp3) is 0.400. The smallest absolute Gasteiger partial charge is 0.182 e. The standard InChI is InChI=1S/C15H19NO3S/c1-11-15(7-8-17)20-10-16(11)9-14(18)12-3-5-13(19-2)6-4-12/h3-6,17H,7-10H2,1-2H3. The van der Waals surface area contributed by atoms with Gasteiger partial charge in [0.25, 0.3) is 0 Å². The number of Topliss-reactive ketones (excluding diaryl/α,β-unsaturated/α-hetero) is 1. The fourth-order valence-electron chi connectivity index (χ4n) is 2.09. The number of nitrogens with zero attached hydrogens (tertiary/aromatic N) is 1. The second-order valence-corrected chi connectivity index (χ2v) is 5.64. The lowest BCUT2D eigenvalue weighted by Crippen LogP contribution is -2.25. The van der Waals surface area contributed by atoms with Crippen LogP contribution in [0.2, 0.25) is 0 Å². The van der Waals surface area contributed by atoms with E-state index in [-0.39, 0.29) is 12.4 Å². The average Bonchev–Trinajstić information content (AvgIpc) is 2.81. The summed E-state index contributed by atoms with van der Waals surface area (Å²) in [6, 6.07) is 7.17. The van der Waals surface area contributed by atoms with Crippen LogP contribution in [0.15, 0.2) is 34.9 Å². The number of aliphatic hydroxyl groups excluding tert-OH is 1. The average molecular weight is 293 g/mol. The number of allylic oxidation sites excluding steroid dienone is 1. The van der Waals surface area contributed by atoms with Crippen molar-refractivity contribution in [3.63, 3.8) is 0 Å². The Morgan fingerprint density at radius 2 is 2.10 bits per heavy atom. The van der Waals surface area contributed by atoms with Crippen LogP contribution in [0.4, 0.5) is 0 Å². The number of aliphatic hydroxyl groups is 1. The number of benzene rings is 1. The molecule has 1 N–H and O–H groups in total. The van der Waals surface area contributed by atoms with Crippen molar-refractivity contribution in [1.29, 1.82) is 0 Å². The molecule has 0 spiro atoms. The highest BCUT2D eigenvalue weighted by molar-refractivity contribution is 8.03. The van der Waals surface area contributed by atoms with Gasteiger partial charge in [-0.3, -0.25) is 4.79 Å². The first-order valence-corrected chi connectivity index (χ1v) is 7.50. The number of carbonyl (C=O) groups is 1. The number of ether oxygens (including phenoxy) is 1. The molecule has 5 heteroatoms. The Morgan fingerprint density at radius 3 is 2.70 bits per heavy atom. The molecule has 0 aliphatic carbocycles. The summed E-state index contributed by atoms with van der Waals surface area (Å²) in [6.07, 6.45) is 0.670. The Balaban J connectivity index is 2.01. The van der Waals surface area contributed by atoms with Gasteiger partial charge in [0, 0.05) is 29.2 Å². The van der Waals surface area contributed by atoms with Gasteiger partial charge in [0.05, 0.1) is 19.5 Å². The van der Waals surface area contributed by atoms with Crippen LogP contribution < -0.4 is 4.74 Å². The number of hydrogen-bond acceptors (Lipinski definition) is 5. The molecule has 0 saturated carbocycles. The summed E-state index contributed by atoms with van der Waals surface area (Å²) in [6.45, 7) is 2.53. The summed E-state index contributed by atoms with van der Waals surface area (Å²) in [5.41, 5.74) is 1.80. The third-order valence-corrected chi connectivity index (χ3v) is 4.65. The maximum absolute atomic E-state index is 12.2. The molecule has 0 atom stereocenters. The van der Waals surface area contributed by atoms with Crippen molar-refractivity contribution in [2.75, 3.05) is 26.1 Å². The van der Waals surface area contributed by atoms with Crippen LogP contribution in [0.5, 0.6) is 5.75 Å². The maximum atomic E-state index is 12.2. The Labute approximate surface area is 123 Å². The number of rotatable bonds is 6. The lowest BCUT2D eigenvalue weighted by Gasteiger charge is -2.18. The first kappa shape index (κ1) is 14.9. The highest BCUT2D eigenvalue weighted by Gasteiger charge is 2.21. The van der Waals surface area contributed by atoms with Gasteiger partial charge in [0.1, 0.15) is 5.75 Å². The number of thioether (sulfide) groups is 1. The van der Waals surface area contributed by atoms with E-state index in [0.717, 1.165) is 17.3 Å². The van der Waals surface area contributed by atoms with Gasteiger partial charge >= 0.3 is 0 Å². The summed E-state index contributed by atoms with van der Waals surface area (Å²) in [5, 5.41) is 9.00. The summed E-state index contributed by atoms with van der Waals surface area (Å²) >= 11 is 1.70. The molecule has 1 aliphatic heterocycles. The van der Waals surface area contributed by atoms with Crippen molar-refractivity contribution in [3.05, 3.63) is 40.4 Å². The molecular weight excluding hydrogens is 274 g/mol. The Kier molecular flexibility index (Phi) is 5.09. The third kappa shape index (κ3) is 3.35. The second-order valence-electron chi connectivity index (χ2n) is 4.61. The van der Waals surface area contributed by atoms with Gasteiger partial charge in [-0.15, -0.1) is 11.8 Å². The molecule has 0 bridgehead atoms. The second kappa shape index (κ2) is 6.81. The van der Waals surface area contributed by atoms with Crippen LogP contribution in [0, 0.1) is 0 Å². The van der Waals surface area contributed by atoms with Gasteiger partial charge in [-0.05, 0) is 31.2 Å². The van der Waals surface area contributed by atoms with Crippen LogP contribution in [-0.4, -0.2) is 41.9 Å². The minimum Gasteiger partial charge on any atom is -0.497 e. The molecule has 20 heavy (non-hydrogen) atoms. The summed E-state index contributed by atoms with van der Waals surface area (Å²) in [7, 11) is 1.61. The van der Waals surface area contributed by atoms with Crippen LogP contribution in [0.3, 0.4) is 0 Å². The van der Waals surface area contributed by atoms with E-state index in [1.54, 1.807) is 43.1 Å². The van der Waals surface area contributed by atoms with Crippen molar-refractivity contribution in [1.82, 2.24) is 4.90 Å². The Hall–Kier alpha value is -1.46. The topological polar surface area (TPSA) is 49.8 Å². The molecule has 0 saturated heterocycles. The normalized spacial score (nSPS) is 14.8. The molecule has 0 radical (unpaired) electrons. The molecule has 4 nitrogen and oxygen atoms in total. The molecule has 1 heterocycles. The highest BCUT2D eigenvalue weighted by atomic mass is 32.2. The molecule has 0 unspecified atom stereocenters. The van der Waals surface area contributed by atoms with Crippen molar-refractivity contribution in [3.8, 4) is 5.75 Å². The lowest BCUT2D eigenvalue weighted by atomic mass is 10.1. The van der Waals surface area contributed by atoms with E-state index in [4.69, 9.17) is 9.84 Å². The Bertz CT molecular complexity index is 510. The maximum Gasteiger partial charge on any atom is 0.182 e. The zero-order valence-corrected chi connectivity index (χ0v) is 12.6. The number of hydrogen-bond donors (Lipinski definition) is 1. The SMILES string of the molecule is COc1ccc(C(=O)CN2CSC(CCO)=C2C)cc1. The summed E-state index contributed by atoms with van der Waals surface area (Å²) in [4.78, 5) is 15.5. The number of carbonyl (C=O) groups excluding carboxylic acids is 1. The van der Waals surface area contributed by atoms with Gasteiger partial charge in [-0.2, -0.15) is 0 Å². The predicted molar refractivity (Wildman–Crippen MR) is 80.9 cm³/mol. The molecule has 108 valence electrons. The molecule has 1 aromatic carbocycles. The van der Waals surface area contributed by atoms with Crippen molar-refractivity contribution >= 4 is 17.5 Å². The van der Waals surface area contributed by atoms with E-state index < -0.39 is 0 Å². The number of methoxy groups -OCH3 is 1. The van der Waals surface area contributed by atoms with Gasteiger partial charge < -0.3 is 14.7 Å². The largest absolute Gasteiger partial charge is 0.497 e. The third-order valence-electron chi connectivity index (χ3n) is 3.36. The van der Waals surface area contributed by atoms with E-state index in [2.05, 4.69) is 4.90 Å². The van der Waals surface area contributed by atoms with Gasteiger partial charge in [-0.1, -0.05) is 0 Å². The van der Waals surface area contributed by atoms with E-state index in [1.807, 2.05) is 6.92 Å². The molecule has 1 aliphatic rings. The van der Waals surface area contributed by atoms with Crippen LogP contribution >= 0.6 is 11.8 Å². The van der Waals surface area contributed by atoms with Crippen LogP contribution in [-0.2, 0) is 0 Å². The van der Waals surface area contributed by atoms with Gasteiger partial charge in [-0.25, -0.2) is 0 Å². The van der Waals surface area contributed by atoms with E-state index in [1.165, 1.54) is 4.91 Å². The minimum atomic E-state index is 0.0952.